The van der Waals surface area contributed by atoms with E-state index < -0.39 is 0 Å². The summed E-state index contributed by atoms with van der Waals surface area (Å²) >= 11 is 7.56. The summed E-state index contributed by atoms with van der Waals surface area (Å²) in [5.74, 6) is 4.24. The van der Waals surface area contributed by atoms with Crippen molar-refractivity contribution in [3.8, 4) is 11.5 Å². The maximum absolute atomic E-state index is 5.41. The monoisotopic (exact) mass is 388 g/mol. The number of hydrogen-bond acceptors (Lipinski definition) is 2. The molecule has 0 saturated heterocycles. The second-order valence-corrected chi connectivity index (χ2v) is 7.31. The van der Waals surface area contributed by atoms with Crippen LogP contribution in [0.15, 0.2) is 16.6 Å². The third-order valence-corrected chi connectivity index (χ3v) is 6.40. The van der Waals surface area contributed by atoms with Crippen LogP contribution in [0.2, 0.25) is 0 Å². The lowest BCUT2D eigenvalue weighted by molar-refractivity contribution is 0.354. The Hall–Kier alpha value is -0.220. The molecule has 3 unspecified atom stereocenters. The van der Waals surface area contributed by atoms with Gasteiger partial charge in [-0.15, -0.1) is 0 Å². The van der Waals surface area contributed by atoms with Crippen LogP contribution in [0.3, 0.4) is 0 Å². The molecule has 4 heteroatoms. The zero-order valence-electron chi connectivity index (χ0n) is 11.2. The minimum Gasteiger partial charge on any atom is -0.493 e. The molecule has 1 aromatic carbocycles. The lowest BCUT2D eigenvalue weighted by Gasteiger charge is -2.17. The third-order valence-electron chi connectivity index (χ3n) is 4.61. The van der Waals surface area contributed by atoms with Gasteiger partial charge in [0.05, 0.1) is 14.2 Å². The van der Waals surface area contributed by atoms with Crippen LogP contribution in [0.1, 0.15) is 29.7 Å². The molecule has 0 aliphatic heterocycles. The van der Waals surface area contributed by atoms with Crippen molar-refractivity contribution in [1.82, 2.24) is 0 Å². The fourth-order valence-corrected chi connectivity index (χ4v) is 5.64. The minimum atomic E-state index is 0.414. The first-order valence-electron chi connectivity index (χ1n) is 6.73. The predicted octanol–water partition coefficient (Wildman–Crippen LogP) is 4.95. The van der Waals surface area contributed by atoms with Crippen molar-refractivity contribution in [2.24, 2.45) is 17.8 Å². The van der Waals surface area contributed by atoms with E-state index in [4.69, 9.17) is 9.47 Å². The van der Waals surface area contributed by atoms with Crippen LogP contribution in [0.25, 0.3) is 0 Å². The molecule has 2 aliphatic rings. The van der Waals surface area contributed by atoms with E-state index in [-0.39, 0.29) is 0 Å². The van der Waals surface area contributed by atoms with Gasteiger partial charge in [0, 0.05) is 9.30 Å². The Balaban J connectivity index is 1.87. The minimum absolute atomic E-state index is 0.414. The molecule has 3 atom stereocenters. The normalized spacial score (nSPS) is 29.8. The third kappa shape index (κ3) is 2.31. The van der Waals surface area contributed by atoms with Gasteiger partial charge < -0.3 is 9.47 Å². The molecule has 0 amide bonds. The summed E-state index contributed by atoms with van der Waals surface area (Å²) in [6, 6.07) is 4.09. The zero-order chi connectivity index (χ0) is 13.6. The van der Waals surface area contributed by atoms with Gasteiger partial charge in [-0.25, -0.2) is 0 Å². The van der Waals surface area contributed by atoms with Crippen LogP contribution in [0.5, 0.6) is 11.5 Å². The maximum atomic E-state index is 5.41. The van der Waals surface area contributed by atoms with Crippen LogP contribution in [0.4, 0.5) is 0 Å². The molecule has 2 nitrogen and oxygen atoms in total. The number of fused-ring (bicyclic) bond motifs is 1. The molecule has 104 valence electrons. The van der Waals surface area contributed by atoms with Crippen LogP contribution in [-0.2, 0) is 0 Å². The first-order valence-corrected chi connectivity index (χ1v) is 8.43. The molecular weight excluding hydrogens is 372 g/mol. The molecule has 0 N–H and O–H groups in total. The fraction of sp³-hybridized carbons (Fsp3) is 0.600. The van der Waals surface area contributed by atoms with Gasteiger partial charge in [-0.05, 0) is 48.3 Å². The van der Waals surface area contributed by atoms with Crippen molar-refractivity contribution in [3.63, 3.8) is 0 Å². The standard InChI is InChI=1S/C15H18Br2O2/c1-18-12-6-10(11(16)7-13(12)19-2)15(17)14-8-4-3-5-9(8)14/h6-9,14-15H,3-5H2,1-2H3. The zero-order valence-corrected chi connectivity index (χ0v) is 14.3. The van der Waals surface area contributed by atoms with Gasteiger partial charge in [0.15, 0.2) is 11.5 Å². The van der Waals surface area contributed by atoms with Crippen LogP contribution >= 0.6 is 31.9 Å². The summed E-state index contributed by atoms with van der Waals surface area (Å²) in [4.78, 5) is 0.414. The fourth-order valence-electron chi connectivity index (χ4n) is 3.60. The van der Waals surface area contributed by atoms with Crippen molar-refractivity contribution < 1.29 is 9.47 Å². The molecule has 0 aromatic heterocycles. The number of alkyl halides is 1. The summed E-state index contributed by atoms with van der Waals surface area (Å²) in [5.41, 5.74) is 1.28. The Morgan fingerprint density at radius 3 is 2.26 bits per heavy atom. The summed E-state index contributed by atoms with van der Waals surface area (Å²) in [6.45, 7) is 0. The van der Waals surface area contributed by atoms with Crippen molar-refractivity contribution in [2.75, 3.05) is 14.2 Å². The molecule has 0 bridgehead atoms. The molecule has 2 fully saturated rings. The maximum Gasteiger partial charge on any atom is 0.161 e. The van der Waals surface area contributed by atoms with E-state index in [9.17, 15) is 0 Å². The molecule has 2 saturated carbocycles. The number of ether oxygens (including phenoxy) is 2. The number of methoxy groups -OCH3 is 2. The Labute approximate surface area is 131 Å². The van der Waals surface area contributed by atoms with Crippen molar-refractivity contribution >= 4 is 31.9 Å². The van der Waals surface area contributed by atoms with Crippen LogP contribution < -0.4 is 9.47 Å². The Morgan fingerprint density at radius 2 is 1.68 bits per heavy atom. The molecule has 0 spiro atoms. The first kappa shape index (κ1) is 13.7. The van der Waals surface area contributed by atoms with Gasteiger partial charge in [-0.1, -0.05) is 38.3 Å². The SMILES string of the molecule is COc1cc(Br)c(C(Br)C2C3CCCC32)cc1OC. The molecule has 19 heavy (non-hydrogen) atoms. The number of benzene rings is 1. The smallest absolute Gasteiger partial charge is 0.161 e. The van der Waals surface area contributed by atoms with Gasteiger partial charge in [0.25, 0.3) is 0 Å². The van der Waals surface area contributed by atoms with Gasteiger partial charge in [0.1, 0.15) is 0 Å². The molecule has 3 rings (SSSR count). The van der Waals surface area contributed by atoms with E-state index >= 15 is 0 Å². The second-order valence-electron chi connectivity index (χ2n) is 5.47. The lowest BCUT2D eigenvalue weighted by atomic mass is 10.0. The summed E-state index contributed by atoms with van der Waals surface area (Å²) < 4.78 is 11.8. The van der Waals surface area contributed by atoms with E-state index in [1.807, 2.05) is 6.07 Å². The number of rotatable bonds is 4. The topological polar surface area (TPSA) is 18.5 Å². The molecular formula is C15H18Br2O2. The number of hydrogen-bond donors (Lipinski definition) is 0. The first-order chi connectivity index (χ1) is 9.17. The molecule has 2 aliphatic carbocycles. The Kier molecular flexibility index (Phi) is 3.82. The lowest BCUT2D eigenvalue weighted by Crippen LogP contribution is -2.01. The van der Waals surface area contributed by atoms with Crippen LogP contribution in [-0.4, -0.2) is 14.2 Å². The highest BCUT2D eigenvalue weighted by Crippen LogP contribution is 2.65. The summed E-state index contributed by atoms with van der Waals surface area (Å²) in [7, 11) is 3.35. The largest absolute Gasteiger partial charge is 0.493 e. The Bertz CT molecular complexity index is 479. The summed E-state index contributed by atoms with van der Waals surface area (Å²) in [6.07, 6.45) is 4.23. The van der Waals surface area contributed by atoms with Gasteiger partial charge >= 0.3 is 0 Å². The average Bonchev–Trinajstić information content (AvgIpc) is 2.90. The quantitative estimate of drug-likeness (QED) is 0.678. The van der Waals surface area contributed by atoms with E-state index in [2.05, 4.69) is 37.9 Å². The summed E-state index contributed by atoms with van der Waals surface area (Å²) in [5, 5.41) is 0. The molecule has 0 radical (unpaired) electrons. The van der Waals surface area contributed by atoms with E-state index in [1.165, 1.54) is 24.8 Å². The van der Waals surface area contributed by atoms with Crippen molar-refractivity contribution in [2.45, 2.75) is 24.1 Å². The highest BCUT2D eigenvalue weighted by Gasteiger charge is 2.55. The van der Waals surface area contributed by atoms with E-state index in [0.29, 0.717) is 4.83 Å². The van der Waals surface area contributed by atoms with Crippen molar-refractivity contribution in [3.05, 3.63) is 22.2 Å². The van der Waals surface area contributed by atoms with Crippen LogP contribution in [0, 0.1) is 17.8 Å². The average molecular weight is 390 g/mol. The van der Waals surface area contributed by atoms with Gasteiger partial charge in [-0.2, -0.15) is 0 Å². The number of halogens is 2. The second kappa shape index (κ2) is 5.28. The van der Waals surface area contributed by atoms with Crippen molar-refractivity contribution in [1.29, 1.82) is 0 Å². The van der Waals surface area contributed by atoms with E-state index in [0.717, 1.165) is 33.7 Å². The van der Waals surface area contributed by atoms with E-state index in [1.54, 1.807) is 14.2 Å². The highest BCUT2D eigenvalue weighted by atomic mass is 79.9. The van der Waals surface area contributed by atoms with Gasteiger partial charge in [-0.3, -0.25) is 0 Å². The predicted molar refractivity (Wildman–Crippen MR) is 83.2 cm³/mol. The molecule has 0 heterocycles. The highest BCUT2D eigenvalue weighted by molar-refractivity contribution is 9.11. The van der Waals surface area contributed by atoms with Gasteiger partial charge in [0.2, 0.25) is 0 Å². The molecule has 1 aromatic rings. The Morgan fingerprint density at radius 1 is 1.11 bits per heavy atom.